The summed E-state index contributed by atoms with van der Waals surface area (Å²) >= 11 is 13.5. The number of carbonyl (C=O) groups is 1. The molecule has 0 aliphatic rings. The highest BCUT2D eigenvalue weighted by Crippen LogP contribution is 2.26. The monoisotopic (exact) mass is 434 g/mol. The van der Waals surface area contributed by atoms with Gasteiger partial charge in [0.25, 0.3) is 5.91 Å². The molecule has 2 rings (SSSR count). The average Bonchev–Trinajstić information content (AvgIpc) is 3.00. The van der Waals surface area contributed by atoms with E-state index in [-0.39, 0.29) is 21.4 Å². The molecule has 0 bridgehead atoms. The summed E-state index contributed by atoms with van der Waals surface area (Å²) in [6.07, 6.45) is 0. The molecule has 1 aromatic carbocycles. The second-order valence-corrected chi connectivity index (χ2v) is 9.74. The van der Waals surface area contributed by atoms with Crippen molar-refractivity contribution in [2.24, 2.45) is 0 Å². The van der Waals surface area contributed by atoms with Crippen molar-refractivity contribution in [3.05, 3.63) is 50.1 Å². The number of sulfonamides is 1. The van der Waals surface area contributed by atoms with Crippen molar-refractivity contribution in [3.8, 4) is 0 Å². The molecule has 0 saturated heterocycles. The third-order valence-electron chi connectivity index (χ3n) is 3.88. The maximum absolute atomic E-state index is 12.8. The van der Waals surface area contributed by atoms with Crippen LogP contribution in [-0.4, -0.2) is 43.7 Å². The minimum atomic E-state index is -3.67. The molecule has 1 aromatic heterocycles. The maximum atomic E-state index is 12.8. The van der Waals surface area contributed by atoms with Gasteiger partial charge in [-0.1, -0.05) is 37.0 Å². The van der Waals surface area contributed by atoms with Crippen LogP contribution in [0.5, 0.6) is 0 Å². The number of rotatable bonds is 7. The van der Waals surface area contributed by atoms with Crippen LogP contribution in [0, 0.1) is 0 Å². The van der Waals surface area contributed by atoms with Crippen LogP contribution in [0.15, 0.2) is 35.2 Å². The van der Waals surface area contributed by atoms with Gasteiger partial charge in [0.15, 0.2) is 0 Å². The Morgan fingerprint density at radius 3 is 2.31 bits per heavy atom. The van der Waals surface area contributed by atoms with E-state index in [0.717, 1.165) is 4.88 Å². The number of halogens is 2. The Morgan fingerprint density at radius 2 is 1.77 bits per heavy atom. The van der Waals surface area contributed by atoms with Gasteiger partial charge >= 0.3 is 0 Å². The first-order valence-corrected chi connectivity index (χ1v) is 11.0. The van der Waals surface area contributed by atoms with E-state index in [2.05, 4.69) is 0 Å². The lowest BCUT2D eigenvalue weighted by molar-refractivity contribution is 0.0786. The fourth-order valence-electron chi connectivity index (χ4n) is 2.49. The van der Waals surface area contributed by atoms with E-state index >= 15 is 0 Å². The van der Waals surface area contributed by atoms with Gasteiger partial charge in [-0.05, 0) is 30.3 Å². The first kappa shape index (κ1) is 21.2. The first-order valence-electron chi connectivity index (χ1n) is 8.00. The highest BCUT2D eigenvalue weighted by Gasteiger charge is 2.25. The summed E-state index contributed by atoms with van der Waals surface area (Å²) in [5.41, 5.74) is 0.157. The van der Waals surface area contributed by atoms with Crippen LogP contribution in [0.4, 0.5) is 0 Å². The van der Waals surface area contributed by atoms with Crippen LogP contribution >= 0.6 is 34.5 Å². The van der Waals surface area contributed by atoms with Crippen molar-refractivity contribution >= 4 is 50.5 Å². The van der Waals surface area contributed by atoms with Crippen LogP contribution in [0.1, 0.15) is 29.1 Å². The molecule has 26 heavy (non-hydrogen) atoms. The zero-order valence-electron chi connectivity index (χ0n) is 14.7. The van der Waals surface area contributed by atoms with Crippen LogP contribution in [-0.2, 0) is 16.6 Å². The van der Waals surface area contributed by atoms with E-state index in [1.807, 2.05) is 6.07 Å². The summed E-state index contributed by atoms with van der Waals surface area (Å²) < 4.78 is 27.4. The molecule has 5 nitrogen and oxygen atoms in total. The molecule has 0 saturated carbocycles. The molecule has 2 aromatic rings. The molecule has 0 aliphatic heterocycles. The summed E-state index contributed by atoms with van der Waals surface area (Å²) in [7, 11) is -2.03. The molecule has 0 unspecified atom stereocenters. The van der Waals surface area contributed by atoms with Crippen molar-refractivity contribution in [1.29, 1.82) is 0 Å². The largest absolute Gasteiger partial charge is 0.337 e. The van der Waals surface area contributed by atoms with E-state index in [4.69, 9.17) is 23.2 Å². The summed E-state index contributed by atoms with van der Waals surface area (Å²) in [6, 6.07) is 7.83. The van der Waals surface area contributed by atoms with E-state index < -0.39 is 10.0 Å². The van der Waals surface area contributed by atoms with Gasteiger partial charge in [0.05, 0.1) is 26.4 Å². The van der Waals surface area contributed by atoms with Gasteiger partial charge in [0.1, 0.15) is 0 Å². The highest BCUT2D eigenvalue weighted by atomic mass is 35.5. The van der Waals surface area contributed by atoms with Crippen LogP contribution < -0.4 is 0 Å². The Labute approximate surface area is 168 Å². The van der Waals surface area contributed by atoms with Gasteiger partial charge in [-0.15, -0.1) is 11.3 Å². The molecule has 142 valence electrons. The predicted molar refractivity (Wildman–Crippen MR) is 107 cm³/mol. The normalized spacial score (nSPS) is 11.8. The van der Waals surface area contributed by atoms with E-state index in [1.54, 1.807) is 27.0 Å². The van der Waals surface area contributed by atoms with Gasteiger partial charge < -0.3 is 4.90 Å². The van der Waals surface area contributed by atoms with Crippen molar-refractivity contribution < 1.29 is 13.2 Å². The number of benzene rings is 1. The smallest absolute Gasteiger partial charge is 0.255 e. The molecule has 0 radical (unpaired) electrons. The number of hydrogen-bond acceptors (Lipinski definition) is 4. The molecule has 0 atom stereocenters. The average molecular weight is 435 g/mol. The lowest BCUT2D eigenvalue weighted by atomic mass is 10.2. The van der Waals surface area contributed by atoms with Crippen molar-refractivity contribution in [1.82, 2.24) is 9.21 Å². The van der Waals surface area contributed by atoms with Crippen molar-refractivity contribution in [2.45, 2.75) is 25.3 Å². The lowest BCUT2D eigenvalue weighted by Gasteiger charge is -2.20. The van der Waals surface area contributed by atoms with Gasteiger partial charge in [-0.25, -0.2) is 8.42 Å². The minimum Gasteiger partial charge on any atom is -0.337 e. The number of thiophene rings is 1. The molecule has 0 N–H and O–H groups in total. The summed E-state index contributed by atoms with van der Waals surface area (Å²) in [5.74, 6) is -0.351. The number of hydrogen-bond donors (Lipinski definition) is 0. The van der Waals surface area contributed by atoms with Crippen LogP contribution in [0.25, 0.3) is 0 Å². The molecule has 0 fully saturated rings. The fraction of sp³-hybridized carbons (Fsp3) is 0.353. The molecule has 0 spiro atoms. The maximum Gasteiger partial charge on any atom is 0.255 e. The standard InChI is InChI=1S/C17H20Cl2N2O3S2/c1-4-21(5-2)26(23,24)13-7-8-15(18)14(10-13)17(22)20(3)11-12-6-9-16(19)25-12/h6-10H,4-5,11H2,1-3H3. The minimum absolute atomic E-state index is 0.0570. The summed E-state index contributed by atoms with van der Waals surface area (Å²) in [5, 5.41) is 0.213. The highest BCUT2D eigenvalue weighted by molar-refractivity contribution is 7.89. The third-order valence-corrected chi connectivity index (χ3v) is 7.47. The van der Waals surface area contributed by atoms with Crippen LogP contribution in [0.3, 0.4) is 0 Å². The number of carbonyl (C=O) groups excluding carboxylic acids is 1. The zero-order valence-corrected chi connectivity index (χ0v) is 17.8. The lowest BCUT2D eigenvalue weighted by Crippen LogP contribution is -2.31. The van der Waals surface area contributed by atoms with Gasteiger partial charge in [-0.3, -0.25) is 4.79 Å². The molecule has 9 heteroatoms. The number of nitrogens with zero attached hydrogens (tertiary/aromatic N) is 2. The van der Waals surface area contributed by atoms with Gasteiger partial charge in [0.2, 0.25) is 10.0 Å². The quantitative estimate of drug-likeness (QED) is 0.650. The van der Waals surface area contributed by atoms with Gasteiger partial charge in [0, 0.05) is 25.0 Å². The van der Waals surface area contributed by atoms with E-state index in [0.29, 0.717) is 24.0 Å². The Kier molecular flexibility index (Phi) is 7.10. The van der Waals surface area contributed by atoms with Crippen LogP contribution in [0.2, 0.25) is 9.36 Å². The van der Waals surface area contributed by atoms with E-state index in [1.165, 1.54) is 38.7 Å². The topological polar surface area (TPSA) is 57.7 Å². The second kappa shape index (κ2) is 8.71. The van der Waals surface area contributed by atoms with E-state index in [9.17, 15) is 13.2 Å². The predicted octanol–water partition coefficient (Wildman–Crippen LogP) is 4.36. The number of amides is 1. The fourth-order valence-corrected chi connectivity index (χ4v) is 5.31. The van der Waals surface area contributed by atoms with Gasteiger partial charge in [-0.2, -0.15) is 4.31 Å². The first-order chi connectivity index (χ1) is 12.2. The Hall–Kier alpha value is -1.12. The summed E-state index contributed by atoms with van der Waals surface area (Å²) in [6.45, 7) is 4.60. The Bertz CT molecular complexity index is 893. The third kappa shape index (κ3) is 4.58. The molecular weight excluding hydrogens is 415 g/mol. The summed E-state index contributed by atoms with van der Waals surface area (Å²) in [4.78, 5) is 15.2. The molecule has 1 amide bonds. The Morgan fingerprint density at radius 1 is 1.12 bits per heavy atom. The second-order valence-electron chi connectivity index (χ2n) is 5.60. The van der Waals surface area contributed by atoms with Crippen molar-refractivity contribution in [3.63, 3.8) is 0 Å². The Balaban J connectivity index is 2.32. The molecule has 0 aliphatic carbocycles. The molecule has 1 heterocycles. The SMILES string of the molecule is CCN(CC)S(=O)(=O)c1ccc(Cl)c(C(=O)N(C)Cc2ccc(Cl)s2)c1. The molecular formula is C17H20Cl2N2O3S2. The zero-order chi connectivity index (χ0) is 19.5. The van der Waals surface area contributed by atoms with Crippen molar-refractivity contribution in [2.75, 3.05) is 20.1 Å².